The fourth-order valence-electron chi connectivity index (χ4n) is 2.74. The molecule has 0 spiro atoms. The third kappa shape index (κ3) is 3.45. The third-order valence-electron chi connectivity index (χ3n) is 3.91. The highest BCUT2D eigenvalue weighted by Crippen LogP contribution is 2.41. The van der Waals surface area contributed by atoms with Gasteiger partial charge in [0.15, 0.2) is 17.3 Å². The minimum Gasteiger partial charge on any atom is -0.279 e. The number of anilines is 2. The molecule has 0 saturated heterocycles. The zero-order valence-electron chi connectivity index (χ0n) is 14.1. The zero-order chi connectivity index (χ0) is 20.6. The summed E-state index contributed by atoms with van der Waals surface area (Å²) in [5.41, 5.74) is -2.62. The fourth-order valence-corrected chi connectivity index (χ4v) is 2.74. The number of hydrogen-bond donors (Lipinski definition) is 0. The lowest BCUT2D eigenvalue weighted by Gasteiger charge is -2.21. The molecule has 0 radical (unpaired) electrons. The number of aryl methyl sites for hydroxylation is 1. The van der Waals surface area contributed by atoms with E-state index in [0.717, 1.165) is 10.9 Å². The van der Waals surface area contributed by atoms with Crippen LogP contribution in [0.1, 0.15) is 5.69 Å². The Hall–Kier alpha value is -3.30. The Bertz CT molecular complexity index is 1040. The van der Waals surface area contributed by atoms with Gasteiger partial charge in [-0.1, -0.05) is 18.2 Å². The number of rotatable bonds is 4. The summed E-state index contributed by atoms with van der Waals surface area (Å²) in [7, 11) is 1.24. The molecule has 1 heterocycles. The third-order valence-corrected chi connectivity index (χ3v) is 3.91. The molecule has 1 amide bonds. The van der Waals surface area contributed by atoms with Gasteiger partial charge in [-0.3, -0.25) is 14.4 Å². The van der Waals surface area contributed by atoms with Gasteiger partial charge in [-0.15, -0.1) is 0 Å². The Morgan fingerprint density at radius 2 is 1.61 bits per heavy atom. The molecule has 0 N–H and O–H groups in total. The van der Waals surface area contributed by atoms with E-state index >= 15 is 0 Å². The molecule has 3 aromatic rings. The highest BCUT2D eigenvalue weighted by atomic mass is 19.4. The Morgan fingerprint density at radius 3 is 2.25 bits per heavy atom. The molecule has 0 aliphatic carbocycles. The summed E-state index contributed by atoms with van der Waals surface area (Å²) in [5.74, 6) is -3.90. The van der Waals surface area contributed by atoms with Crippen molar-refractivity contribution in [2.45, 2.75) is 6.18 Å². The summed E-state index contributed by atoms with van der Waals surface area (Å²) >= 11 is 0. The van der Waals surface area contributed by atoms with Gasteiger partial charge in [0.25, 0.3) is 0 Å². The predicted octanol–water partition coefficient (Wildman–Crippen LogP) is 4.82. The van der Waals surface area contributed by atoms with Gasteiger partial charge >= 0.3 is 6.18 Å². The molecule has 0 fully saturated rings. The number of nitrogens with zero attached hydrogens (tertiary/aromatic N) is 3. The molecular formula is C18H11F6N3O. The van der Waals surface area contributed by atoms with Gasteiger partial charge in [-0.05, 0) is 12.1 Å². The van der Waals surface area contributed by atoms with E-state index in [9.17, 15) is 31.1 Å². The van der Waals surface area contributed by atoms with E-state index in [2.05, 4.69) is 5.10 Å². The van der Waals surface area contributed by atoms with Crippen molar-refractivity contribution in [3.63, 3.8) is 0 Å². The highest BCUT2D eigenvalue weighted by Gasteiger charge is 2.39. The van der Waals surface area contributed by atoms with Crippen molar-refractivity contribution in [3.8, 4) is 11.1 Å². The van der Waals surface area contributed by atoms with Gasteiger partial charge in [0.2, 0.25) is 6.41 Å². The van der Waals surface area contributed by atoms with Crippen LogP contribution in [0.25, 0.3) is 11.1 Å². The molecule has 10 heteroatoms. The van der Waals surface area contributed by atoms with Gasteiger partial charge in [-0.2, -0.15) is 18.3 Å². The number of carbonyl (C=O) groups is 1. The number of aromatic nitrogens is 2. The molecule has 28 heavy (non-hydrogen) atoms. The maximum atomic E-state index is 14.2. The second-order valence-corrected chi connectivity index (χ2v) is 5.77. The van der Waals surface area contributed by atoms with Gasteiger partial charge in [0.1, 0.15) is 5.82 Å². The van der Waals surface area contributed by atoms with Crippen molar-refractivity contribution >= 4 is 17.8 Å². The Labute approximate surface area is 154 Å². The van der Waals surface area contributed by atoms with E-state index < -0.39 is 40.6 Å². The SMILES string of the molecule is Cn1cc(N(C=O)c2ccccc2-c2cc(F)c(F)cc2F)c(C(F)(F)F)n1. The fraction of sp³-hybridized carbons (Fsp3) is 0.111. The first kappa shape index (κ1) is 19.5. The molecule has 0 atom stereocenters. The number of alkyl halides is 3. The standard InChI is InChI=1S/C18H11F6N3O/c1-26-8-16(17(25-26)18(22,23)24)27(9-28)15-5-3-2-4-10(15)11-6-13(20)14(21)7-12(11)19/h2-9H,1H3. The molecule has 1 aromatic heterocycles. The highest BCUT2D eigenvalue weighted by molar-refractivity contribution is 5.94. The second-order valence-electron chi connectivity index (χ2n) is 5.77. The molecule has 2 aromatic carbocycles. The average molecular weight is 399 g/mol. The van der Waals surface area contributed by atoms with Gasteiger partial charge < -0.3 is 0 Å². The summed E-state index contributed by atoms with van der Waals surface area (Å²) in [6, 6.07) is 6.22. The van der Waals surface area contributed by atoms with Crippen molar-refractivity contribution in [1.29, 1.82) is 0 Å². The first-order valence-electron chi connectivity index (χ1n) is 7.72. The topological polar surface area (TPSA) is 38.1 Å². The number of amides is 1. The van der Waals surface area contributed by atoms with Crippen LogP contribution in [0.15, 0.2) is 42.6 Å². The Kier molecular flexibility index (Phi) is 4.88. The van der Waals surface area contributed by atoms with Crippen LogP contribution >= 0.6 is 0 Å². The van der Waals surface area contributed by atoms with E-state index in [4.69, 9.17) is 0 Å². The Morgan fingerprint density at radius 1 is 0.964 bits per heavy atom. The summed E-state index contributed by atoms with van der Waals surface area (Å²) in [6.45, 7) is 0. The second kappa shape index (κ2) is 7.02. The molecule has 146 valence electrons. The molecular weight excluding hydrogens is 388 g/mol. The van der Waals surface area contributed by atoms with Crippen molar-refractivity contribution < 1.29 is 31.1 Å². The van der Waals surface area contributed by atoms with Crippen LogP contribution < -0.4 is 4.90 Å². The van der Waals surface area contributed by atoms with E-state index in [1.54, 1.807) is 0 Å². The minimum atomic E-state index is -4.86. The van der Waals surface area contributed by atoms with Gasteiger partial charge in [0.05, 0.1) is 11.4 Å². The smallest absolute Gasteiger partial charge is 0.279 e. The first-order valence-corrected chi connectivity index (χ1v) is 7.72. The van der Waals surface area contributed by atoms with E-state index in [1.165, 1.54) is 31.3 Å². The van der Waals surface area contributed by atoms with Crippen LogP contribution in [0.3, 0.4) is 0 Å². The van der Waals surface area contributed by atoms with Crippen molar-refractivity contribution in [3.05, 3.63) is 65.7 Å². The number of para-hydroxylation sites is 1. The lowest BCUT2D eigenvalue weighted by atomic mass is 10.0. The van der Waals surface area contributed by atoms with Crippen molar-refractivity contribution in [2.75, 3.05) is 4.90 Å². The maximum absolute atomic E-state index is 14.2. The average Bonchev–Trinajstić information content (AvgIpc) is 3.01. The van der Waals surface area contributed by atoms with Crippen LogP contribution in [0.2, 0.25) is 0 Å². The monoisotopic (exact) mass is 399 g/mol. The summed E-state index contributed by atoms with van der Waals surface area (Å²) in [5, 5.41) is 3.33. The Balaban J connectivity index is 2.23. The molecule has 0 saturated carbocycles. The quantitative estimate of drug-likeness (QED) is 0.359. The molecule has 4 nitrogen and oxygen atoms in total. The maximum Gasteiger partial charge on any atom is 0.437 e. The van der Waals surface area contributed by atoms with E-state index in [1.807, 2.05) is 0 Å². The number of hydrogen-bond acceptors (Lipinski definition) is 2. The largest absolute Gasteiger partial charge is 0.437 e. The van der Waals surface area contributed by atoms with Crippen LogP contribution in [-0.2, 0) is 18.0 Å². The van der Waals surface area contributed by atoms with Crippen molar-refractivity contribution in [2.24, 2.45) is 7.05 Å². The van der Waals surface area contributed by atoms with Crippen LogP contribution in [0.5, 0.6) is 0 Å². The molecule has 3 rings (SSSR count). The number of carbonyl (C=O) groups excluding carboxylic acids is 1. The first-order chi connectivity index (χ1) is 13.1. The minimum absolute atomic E-state index is 0.100. The van der Waals surface area contributed by atoms with Crippen LogP contribution in [-0.4, -0.2) is 16.2 Å². The summed E-state index contributed by atoms with van der Waals surface area (Å²) in [6.07, 6.45) is -3.79. The molecule has 0 bridgehead atoms. The lowest BCUT2D eigenvalue weighted by Crippen LogP contribution is -2.19. The normalized spacial score (nSPS) is 11.5. The van der Waals surface area contributed by atoms with Crippen LogP contribution in [0, 0.1) is 17.5 Å². The zero-order valence-corrected chi connectivity index (χ0v) is 14.1. The predicted molar refractivity (Wildman–Crippen MR) is 88.2 cm³/mol. The van der Waals surface area contributed by atoms with E-state index in [-0.39, 0.29) is 17.7 Å². The van der Waals surface area contributed by atoms with Crippen molar-refractivity contribution in [1.82, 2.24) is 9.78 Å². The van der Waals surface area contributed by atoms with Crippen LogP contribution in [0.4, 0.5) is 37.7 Å². The molecule has 0 unspecified atom stereocenters. The van der Waals surface area contributed by atoms with Gasteiger partial charge in [0, 0.05) is 30.4 Å². The van der Waals surface area contributed by atoms with E-state index in [0.29, 0.717) is 17.0 Å². The summed E-state index contributed by atoms with van der Waals surface area (Å²) in [4.78, 5) is 12.3. The molecule has 0 aliphatic heterocycles. The molecule has 0 aliphatic rings. The summed E-state index contributed by atoms with van der Waals surface area (Å²) < 4.78 is 81.8. The number of halogens is 6. The van der Waals surface area contributed by atoms with Gasteiger partial charge in [-0.25, -0.2) is 13.2 Å². The number of benzene rings is 2. The lowest BCUT2D eigenvalue weighted by molar-refractivity contribution is -0.140.